The minimum Gasteiger partial charge on any atom is -0.463 e. The zero-order valence-electron chi connectivity index (χ0n) is 63.2. The topological polar surface area (TPSA) is 374 Å². The average molecular weight is 1490 g/mol. The summed E-state index contributed by atoms with van der Waals surface area (Å²) in [6, 6.07) is 0. The maximum absolute atomic E-state index is 14.4. The highest BCUT2D eigenvalue weighted by Crippen LogP contribution is 2.49. The van der Waals surface area contributed by atoms with Gasteiger partial charge in [0, 0.05) is 19.3 Å². The molecule has 0 aromatic heterocycles. The highest BCUT2D eigenvalue weighted by molar-refractivity contribution is 7.47. The standard InChI is InChI=1S/C77H145O24P/c1-4-7-10-13-16-19-22-25-28-30-32-34-37-40-43-46-49-52-62(80)94-57-60-65(83)67(85)72(90)77(98-60)100-74-70(88)68(86)69(87)73(99-76-71(89)66(84)64(82)59(54-78)97-76)75(74)101-102(91,92)95-56-58(55-93-61(79)51-48-45-42-39-36-33-27-24-21-18-15-12-9-6-3)96-63(81)53-50-47-44-41-38-35-31-29-26-23-20-17-14-11-8-5-2/h58-60,64-78,82-90H,4-57H2,1-3H3,(H,91,92). The van der Waals surface area contributed by atoms with Crippen LogP contribution in [-0.4, -0.2) is 204 Å². The van der Waals surface area contributed by atoms with Crippen LogP contribution in [0.25, 0.3) is 0 Å². The lowest BCUT2D eigenvalue weighted by atomic mass is 9.84. The predicted molar refractivity (Wildman–Crippen MR) is 389 cm³/mol. The Bertz CT molecular complexity index is 2100. The summed E-state index contributed by atoms with van der Waals surface area (Å²) in [5.41, 5.74) is 0. The molecular formula is C77H145O24P. The first kappa shape index (κ1) is 94.2. The molecule has 102 heavy (non-hydrogen) atoms. The van der Waals surface area contributed by atoms with Crippen LogP contribution < -0.4 is 0 Å². The number of ether oxygens (including phenoxy) is 7. The Labute approximate surface area is 612 Å². The van der Waals surface area contributed by atoms with E-state index in [1.807, 2.05) is 0 Å². The van der Waals surface area contributed by atoms with E-state index in [2.05, 4.69) is 20.8 Å². The first-order valence-corrected chi connectivity index (χ1v) is 42.3. The van der Waals surface area contributed by atoms with Crippen molar-refractivity contribution in [1.29, 1.82) is 0 Å². The molecule has 11 N–H and O–H groups in total. The molecule has 0 aromatic carbocycles. The molecule has 2 aliphatic heterocycles. The molecule has 0 radical (unpaired) electrons. The average Bonchev–Trinajstić information content (AvgIpc) is 0.761. The molecule has 3 rings (SSSR count). The molecule has 0 bridgehead atoms. The molecule has 602 valence electrons. The summed E-state index contributed by atoms with van der Waals surface area (Å²) in [7, 11) is -5.69. The van der Waals surface area contributed by atoms with E-state index in [0.29, 0.717) is 19.3 Å². The van der Waals surface area contributed by atoms with Gasteiger partial charge in [0.1, 0.15) is 98.7 Å². The van der Waals surface area contributed by atoms with E-state index in [0.717, 1.165) is 89.9 Å². The number of phosphoric ester groups is 1. The minimum absolute atomic E-state index is 0.0326. The van der Waals surface area contributed by atoms with Gasteiger partial charge in [0.05, 0.1) is 13.2 Å². The van der Waals surface area contributed by atoms with Crippen molar-refractivity contribution in [2.75, 3.05) is 26.4 Å². The minimum atomic E-state index is -5.69. The van der Waals surface area contributed by atoms with Crippen LogP contribution in [0.1, 0.15) is 342 Å². The van der Waals surface area contributed by atoms with Crippen LogP contribution in [0.4, 0.5) is 0 Å². The van der Waals surface area contributed by atoms with Gasteiger partial charge in [-0.05, 0) is 19.3 Å². The number of unbranched alkanes of at least 4 members (excludes halogenated alkanes) is 44. The van der Waals surface area contributed by atoms with Gasteiger partial charge in [0.25, 0.3) is 0 Å². The summed E-state index contributed by atoms with van der Waals surface area (Å²) >= 11 is 0. The van der Waals surface area contributed by atoms with Crippen molar-refractivity contribution in [3.05, 3.63) is 0 Å². The summed E-state index contributed by atoms with van der Waals surface area (Å²) in [6.07, 6.45) is 18.5. The van der Waals surface area contributed by atoms with Gasteiger partial charge in [-0.2, -0.15) is 0 Å². The van der Waals surface area contributed by atoms with Crippen LogP contribution in [-0.2, 0) is 61.2 Å². The molecule has 0 aromatic rings. The van der Waals surface area contributed by atoms with Crippen molar-refractivity contribution in [2.45, 2.75) is 446 Å². The molecule has 0 spiro atoms. The Balaban J connectivity index is 1.69. The van der Waals surface area contributed by atoms with Gasteiger partial charge in [-0.25, -0.2) is 4.57 Å². The van der Waals surface area contributed by atoms with Gasteiger partial charge in [-0.15, -0.1) is 0 Å². The van der Waals surface area contributed by atoms with Crippen LogP contribution in [0.3, 0.4) is 0 Å². The fourth-order valence-electron chi connectivity index (χ4n) is 13.8. The molecular weight excluding hydrogens is 1340 g/mol. The third-order valence-electron chi connectivity index (χ3n) is 20.4. The fraction of sp³-hybridized carbons (Fsp3) is 0.961. The molecule has 0 amide bonds. The van der Waals surface area contributed by atoms with Crippen molar-refractivity contribution in [1.82, 2.24) is 0 Å². The number of carbonyl (C=O) groups is 3. The van der Waals surface area contributed by atoms with Gasteiger partial charge in [-0.3, -0.25) is 23.4 Å². The number of esters is 3. The second kappa shape index (κ2) is 58.9. The van der Waals surface area contributed by atoms with Crippen molar-refractivity contribution in [2.24, 2.45) is 0 Å². The zero-order chi connectivity index (χ0) is 74.6. The summed E-state index contributed by atoms with van der Waals surface area (Å²) in [4.78, 5) is 51.2. The van der Waals surface area contributed by atoms with Crippen molar-refractivity contribution >= 4 is 25.7 Å². The Hall–Kier alpha value is -2.04. The lowest BCUT2D eigenvalue weighted by Gasteiger charge is -2.49. The van der Waals surface area contributed by atoms with Gasteiger partial charge in [-0.1, -0.05) is 303 Å². The van der Waals surface area contributed by atoms with E-state index >= 15 is 0 Å². The number of rotatable bonds is 65. The lowest BCUT2D eigenvalue weighted by Crippen LogP contribution is -2.69. The van der Waals surface area contributed by atoms with E-state index in [-0.39, 0.29) is 19.3 Å². The molecule has 18 unspecified atom stereocenters. The lowest BCUT2D eigenvalue weighted by molar-refractivity contribution is -0.360. The molecule has 3 fully saturated rings. The van der Waals surface area contributed by atoms with Gasteiger partial charge >= 0.3 is 25.7 Å². The Morgan fingerprint density at radius 2 is 0.627 bits per heavy atom. The molecule has 1 aliphatic carbocycles. The van der Waals surface area contributed by atoms with Crippen molar-refractivity contribution in [3.63, 3.8) is 0 Å². The van der Waals surface area contributed by atoms with Gasteiger partial charge < -0.3 is 89.1 Å². The van der Waals surface area contributed by atoms with Crippen LogP contribution in [0.15, 0.2) is 0 Å². The first-order valence-electron chi connectivity index (χ1n) is 40.8. The maximum Gasteiger partial charge on any atom is 0.472 e. The number of hydrogen-bond donors (Lipinski definition) is 11. The van der Waals surface area contributed by atoms with Crippen molar-refractivity contribution < 1.29 is 117 Å². The highest BCUT2D eigenvalue weighted by Gasteiger charge is 2.58. The van der Waals surface area contributed by atoms with Crippen LogP contribution in [0.5, 0.6) is 0 Å². The van der Waals surface area contributed by atoms with Crippen LogP contribution in [0, 0.1) is 0 Å². The number of carbonyl (C=O) groups excluding carboxylic acids is 3. The SMILES string of the molecule is CCCCCCCCCCCCCCCCCCCC(=O)OCC1OC(OC2C(O)C(O)C(O)C(OC3OC(CO)C(O)C(O)C3O)C2OP(=O)(O)OCC(COC(=O)CCCCCCCCCCCCCCCC)OC(=O)CCCCCCCCCCCCCCCCCC)C(O)C(O)C1O. The third-order valence-corrected chi connectivity index (χ3v) is 21.4. The molecule has 1 saturated carbocycles. The van der Waals surface area contributed by atoms with E-state index in [9.17, 15) is 74.9 Å². The smallest absolute Gasteiger partial charge is 0.463 e. The fourth-order valence-corrected chi connectivity index (χ4v) is 14.7. The molecule has 2 heterocycles. The highest BCUT2D eigenvalue weighted by atomic mass is 31.2. The summed E-state index contributed by atoms with van der Waals surface area (Å²) < 4.78 is 65.2. The second-order valence-electron chi connectivity index (χ2n) is 29.5. The Kier molecular flexibility index (Phi) is 54.4. The largest absolute Gasteiger partial charge is 0.472 e. The molecule has 2 saturated heterocycles. The van der Waals surface area contributed by atoms with E-state index in [1.165, 1.54) is 193 Å². The summed E-state index contributed by atoms with van der Waals surface area (Å²) in [5, 5.41) is 110. The second-order valence-corrected chi connectivity index (χ2v) is 30.9. The number of aliphatic hydroxyl groups is 10. The zero-order valence-corrected chi connectivity index (χ0v) is 64.1. The van der Waals surface area contributed by atoms with Gasteiger partial charge in [0.15, 0.2) is 18.7 Å². The number of aliphatic hydroxyl groups excluding tert-OH is 10. The first-order chi connectivity index (χ1) is 49.3. The molecule has 3 aliphatic rings. The molecule has 24 nitrogen and oxygen atoms in total. The van der Waals surface area contributed by atoms with E-state index < -0.39 is 156 Å². The summed E-state index contributed by atoms with van der Waals surface area (Å²) in [5.74, 6) is -1.97. The number of hydrogen-bond acceptors (Lipinski definition) is 23. The van der Waals surface area contributed by atoms with Gasteiger partial charge in [0.2, 0.25) is 0 Å². The predicted octanol–water partition coefficient (Wildman–Crippen LogP) is 12.5. The Morgan fingerprint density at radius 3 is 0.961 bits per heavy atom. The Morgan fingerprint density at radius 1 is 0.343 bits per heavy atom. The quantitative estimate of drug-likeness (QED) is 0.0117. The molecule has 18 atom stereocenters. The maximum atomic E-state index is 14.4. The van der Waals surface area contributed by atoms with Crippen molar-refractivity contribution in [3.8, 4) is 0 Å². The van der Waals surface area contributed by atoms with Crippen LogP contribution in [0.2, 0.25) is 0 Å². The normalized spacial score (nSPS) is 27.0. The van der Waals surface area contributed by atoms with E-state index in [4.69, 9.17) is 42.2 Å². The monoisotopic (exact) mass is 1480 g/mol. The third kappa shape index (κ3) is 41.0. The summed E-state index contributed by atoms with van der Waals surface area (Å²) in [6.45, 7) is 3.51. The number of phosphoric acid groups is 1. The van der Waals surface area contributed by atoms with Crippen LogP contribution >= 0.6 is 7.82 Å². The van der Waals surface area contributed by atoms with E-state index in [1.54, 1.807) is 0 Å². The molecule has 25 heteroatoms.